The molecule has 1 atom stereocenters. The molecule has 7 nitrogen and oxygen atoms in total. The molecule has 1 amide bonds. The fourth-order valence-corrected chi connectivity index (χ4v) is 4.16. The highest BCUT2D eigenvalue weighted by Gasteiger charge is 2.26. The SMILES string of the molecule is CCS(=O)(=O)CCNC(=O)C(CC(C)C)NS(=O)(=O)c1ccc(C)cc1. The second-order valence-corrected chi connectivity index (χ2v) is 10.8. The van der Waals surface area contributed by atoms with Crippen molar-refractivity contribution in [2.24, 2.45) is 5.92 Å². The summed E-state index contributed by atoms with van der Waals surface area (Å²) in [6.07, 6.45) is 0.303. The predicted octanol–water partition coefficient (Wildman–Crippen LogP) is 1.24. The van der Waals surface area contributed by atoms with Gasteiger partial charge in [-0.1, -0.05) is 38.5 Å². The molecule has 1 aromatic carbocycles. The number of hydrogen-bond acceptors (Lipinski definition) is 5. The maximum absolute atomic E-state index is 12.5. The number of aryl methyl sites for hydroxylation is 1. The molecule has 148 valence electrons. The Morgan fingerprint density at radius 2 is 1.65 bits per heavy atom. The Morgan fingerprint density at radius 1 is 1.08 bits per heavy atom. The van der Waals surface area contributed by atoms with Crippen LogP contribution in [0.15, 0.2) is 29.2 Å². The van der Waals surface area contributed by atoms with Crippen molar-refractivity contribution in [1.29, 1.82) is 0 Å². The summed E-state index contributed by atoms with van der Waals surface area (Å²) >= 11 is 0. The Kier molecular flexibility index (Phi) is 8.23. The van der Waals surface area contributed by atoms with Crippen LogP contribution in [0.1, 0.15) is 32.8 Å². The summed E-state index contributed by atoms with van der Waals surface area (Å²) in [5.41, 5.74) is 0.928. The van der Waals surface area contributed by atoms with Crippen LogP contribution >= 0.6 is 0 Å². The molecule has 0 aromatic heterocycles. The van der Waals surface area contributed by atoms with Crippen molar-refractivity contribution in [3.05, 3.63) is 29.8 Å². The third-order valence-electron chi connectivity index (χ3n) is 3.80. The number of benzene rings is 1. The van der Waals surface area contributed by atoms with Gasteiger partial charge in [0.2, 0.25) is 15.9 Å². The van der Waals surface area contributed by atoms with Gasteiger partial charge >= 0.3 is 0 Å². The average molecular weight is 405 g/mol. The molecule has 1 unspecified atom stereocenters. The molecule has 1 rings (SSSR count). The lowest BCUT2D eigenvalue weighted by atomic mass is 10.0. The van der Waals surface area contributed by atoms with Crippen LogP contribution in [0.5, 0.6) is 0 Å². The van der Waals surface area contributed by atoms with Gasteiger partial charge in [0.05, 0.1) is 10.6 Å². The van der Waals surface area contributed by atoms with Crippen molar-refractivity contribution in [2.75, 3.05) is 18.1 Å². The summed E-state index contributed by atoms with van der Waals surface area (Å²) in [5, 5.41) is 2.52. The van der Waals surface area contributed by atoms with Gasteiger partial charge in [-0.05, 0) is 31.4 Å². The molecule has 0 spiro atoms. The van der Waals surface area contributed by atoms with Gasteiger partial charge in [-0.25, -0.2) is 16.8 Å². The summed E-state index contributed by atoms with van der Waals surface area (Å²) in [6.45, 7) is 7.09. The van der Waals surface area contributed by atoms with E-state index in [4.69, 9.17) is 0 Å². The van der Waals surface area contributed by atoms with Crippen LogP contribution in [0.2, 0.25) is 0 Å². The number of hydrogen-bond donors (Lipinski definition) is 2. The molecule has 9 heteroatoms. The fourth-order valence-electron chi connectivity index (χ4n) is 2.25. The molecule has 26 heavy (non-hydrogen) atoms. The molecule has 0 saturated heterocycles. The van der Waals surface area contributed by atoms with E-state index >= 15 is 0 Å². The van der Waals surface area contributed by atoms with E-state index in [0.29, 0.717) is 6.42 Å². The Balaban J connectivity index is 2.85. The van der Waals surface area contributed by atoms with E-state index in [9.17, 15) is 21.6 Å². The molecule has 0 aliphatic carbocycles. The number of carbonyl (C=O) groups is 1. The van der Waals surface area contributed by atoms with E-state index in [1.165, 1.54) is 19.1 Å². The van der Waals surface area contributed by atoms with E-state index < -0.39 is 31.8 Å². The Labute approximate surface area is 156 Å². The minimum Gasteiger partial charge on any atom is -0.354 e. The van der Waals surface area contributed by atoms with Crippen LogP contribution in [-0.4, -0.2) is 46.8 Å². The largest absolute Gasteiger partial charge is 0.354 e. The second-order valence-electron chi connectivity index (χ2n) is 6.64. The van der Waals surface area contributed by atoms with Gasteiger partial charge in [0.1, 0.15) is 6.04 Å². The first-order valence-corrected chi connectivity index (χ1v) is 11.8. The van der Waals surface area contributed by atoms with Crippen molar-refractivity contribution >= 4 is 25.8 Å². The van der Waals surface area contributed by atoms with E-state index in [0.717, 1.165) is 5.56 Å². The van der Waals surface area contributed by atoms with Gasteiger partial charge in [-0.2, -0.15) is 4.72 Å². The summed E-state index contributed by atoms with van der Waals surface area (Å²) in [7, 11) is -7.05. The normalized spacial score (nSPS) is 13.6. The summed E-state index contributed by atoms with van der Waals surface area (Å²) < 4.78 is 50.5. The zero-order chi connectivity index (χ0) is 20.0. The fraction of sp³-hybridized carbons (Fsp3) is 0.588. The van der Waals surface area contributed by atoms with E-state index in [-0.39, 0.29) is 28.9 Å². The first-order chi connectivity index (χ1) is 12.0. The number of nitrogens with one attached hydrogen (secondary N) is 2. The number of sulfone groups is 1. The lowest BCUT2D eigenvalue weighted by molar-refractivity contribution is -0.122. The Hall–Kier alpha value is -1.45. The standard InChI is InChI=1S/C17H28N2O5S2/c1-5-25(21,22)11-10-18-17(20)16(12-13(2)3)19-26(23,24)15-8-6-14(4)7-9-15/h6-9,13,16,19H,5,10-12H2,1-4H3,(H,18,20). The predicted molar refractivity (Wildman–Crippen MR) is 102 cm³/mol. The molecule has 0 saturated carbocycles. The molecular formula is C17H28N2O5S2. The molecule has 0 bridgehead atoms. The minimum absolute atomic E-state index is 0.00164. The van der Waals surface area contributed by atoms with Crippen LogP contribution in [0, 0.1) is 12.8 Å². The van der Waals surface area contributed by atoms with Crippen molar-refractivity contribution < 1.29 is 21.6 Å². The maximum atomic E-state index is 12.5. The lowest BCUT2D eigenvalue weighted by Gasteiger charge is -2.20. The molecular weight excluding hydrogens is 376 g/mol. The summed E-state index contributed by atoms with van der Waals surface area (Å²) in [4.78, 5) is 12.5. The molecule has 2 N–H and O–H groups in total. The van der Waals surface area contributed by atoms with Crippen molar-refractivity contribution in [1.82, 2.24) is 10.0 Å². The zero-order valence-electron chi connectivity index (χ0n) is 15.7. The van der Waals surface area contributed by atoms with E-state index in [1.54, 1.807) is 12.1 Å². The van der Waals surface area contributed by atoms with Crippen LogP contribution in [0.25, 0.3) is 0 Å². The highest BCUT2D eigenvalue weighted by atomic mass is 32.2. The smallest absolute Gasteiger partial charge is 0.241 e. The van der Waals surface area contributed by atoms with Crippen LogP contribution in [0.4, 0.5) is 0 Å². The molecule has 0 radical (unpaired) electrons. The number of rotatable bonds is 10. The molecule has 0 heterocycles. The van der Waals surface area contributed by atoms with Gasteiger partial charge in [-0.15, -0.1) is 0 Å². The summed E-state index contributed by atoms with van der Waals surface area (Å²) in [6, 6.07) is 5.36. The highest BCUT2D eigenvalue weighted by Crippen LogP contribution is 2.13. The van der Waals surface area contributed by atoms with Crippen LogP contribution in [-0.2, 0) is 24.7 Å². The van der Waals surface area contributed by atoms with Crippen LogP contribution < -0.4 is 10.0 Å². The van der Waals surface area contributed by atoms with E-state index in [1.807, 2.05) is 20.8 Å². The lowest BCUT2D eigenvalue weighted by Crippen LogP contribution is -2.48. The third kappa shape index (κ3) is 7.43. The topological polar surface area (TPSA) is 109 Å². The maximum Gasteiger partial charge on any atom is 0.241 e. The highest BCUT2D eigenvalue weighted by molar-refractivity contribution is 7.91. The molecule has 0 aliphatic heterocycles. The first-order valence-electron chi connectivity index (χ1n) is 8.54. The van der Waals surface area contributed by atoms with E-state index in [2.05, 4.69) is 10.0 Å². The molecule has 0 fully saturated rings. The first kappa shape index (κ1) is 22.6. The average Bonchev–Trinajstić information content (AvgIpc) is 2.53. The Bertz CT molecular complexity index is 800. The van der Waals surface area contributed by atoms with Gasteiger partial charge in [-0.3, -0.25) is 4.79 Å². The van der Waals surface area contributed by atoms with Gasteiger partial charge < -0.3 is 5.32 Å². The third-order valence-corrected chi connectivity index (χ3v) is 7.00. The number of carbonyl (C=O) groups excluding carboxylic acids is 1. The summed E-state index contributed by atoms with van der Waals surface area (Å²) in [5.74, 6) is -0.626. The molecule has 0 aliphatic rings. The quantitative estimate of drug-likeness (QED) is 0.610. The monoisotopic (exact) mass is 404 g/mol. The Morgan fingerprint density at radius 3 is 2.15 bits per heavy atom. The van der Waals surface area contributed by atoms with Crippen molar-refractivity contribution in [3.63, 3.8) is 0 Å². The number of amides is 1. The van der Waals surface area contributed by atoms with Gasteiger partial charge in [0.25, 0.3) is 0 Å². The van der Waals surface area contributed by atoms with Crippen molar-refractivity contribution in [3.8, 4) is 0 Å². The minimum atomic E-state index is -3.85. The second kappa shape index (κ2) is 9.48. The number of sulfonamides is 1. The zero-order valence-corrected chi connectivity index (χ0v) is 17.3. The van der Waals surface area contributed by atoms with Gasteiger partial charge in [0.15, 0.2) is 9.84 Å². The van der Waals surface area contributed by atoms with Crippen molar-refractivity contribution in [2.45, 2.75) is 45.1 Å². The van der Waals surface area contributed by atoms with Gasteiger partial charge in [0, 0.05) is 12.3 Å². The molecule has 1 aromatic rings. The van der Waals surface area contributed by atoms with Crippen LogP contribution in [0.3, 0.4) is 0 Å².